The predicted molar refractivity (Wildman–Crippen MR) is 79.6 cm³/mol. The van der Waals surface area contributed by atoms with Gasteiger partial charge in [-0.1, -0.05) is 32.4 Å². The highest BCUT2D eigenvalue weighted by Gasteiger charge is 2.15. The largest absolute Gasteiger partial charge is 0.331 e. The SMILES string of the molecule is CCC(C)CC(Cc1nc2ccccc2n1C)NN. The van der Waals surface area contributed by atoms with Crippen molar-refractivity contribution in [2.45, 2.75) is 39.2 Å². The van der Waals surface area contributed by atoms with Crippen molar-refractivity contribution in [3.05, 3.63) is 30.1 Å². The van der Waals surface area contributed by atoms with E-state index in [9.17, 15) is 0 Å². The van der Waals surface area contributed by atoms with E-state index >= 15 is 0 Å². The average molecular weight is 260 g/mol. The molecule has 0 fully saturated rings. The quantitative estimate of drug-likeness (QED) is 0.619. The van der Waals surface area contributed by atoms with Gasteiger partial charge in [-0.05, 0) is 24.5 Å². The van der Waals surface area contributed by atoms with E-state index in [0.717, 1.165) is 24.2 Å². The molecule has 0 spiro atoms. The lowest BCUT2D eigenvalue weighted by molar-refractivity contribution is 0.390. The second kappa shape index (κ2) is 6.17. The minimum absolute atomic E-state index is 0.283. The number of imidazole rings is 1. The molecule has 0 bridgehead atoms. The van der Waals surface area contributed by atoms with Crippen LogP contribution in [0.5, 0.6) is 0 Å². The van der Waals surface area contributed by atoms with Gasteiger partial charge in [0.2, 0.25) is 0 Å². The van der Waals surface area contributed by atoms with E-state index in [4.69, 9.17) is 10.8 Å². The zero-order valence-corrected chi connectivity index (χ0v) is 12.1. The van der Waals surface area contributed by atoms with E-state index in [1.165, 1.54) is 11.9 Å². The third-order valence-corrected chi connectivity index (χ3v) is 3.93. The fourth-order valence-corrected chi connectivity index (χ4v) is 2.46. The molecule has 1 aromatic carbocycles. The molecule has 2 unspecified atom stereocenters. The molecule has 0 aliphatic heterocycles. The number of fused-ring (bicyclic) bond motifs is 1. The summed E-state index contributed by atoms with van der Waals surface area (Å²) in [5.41, 5.74) is 5.17. The maximum absolute atomic E-state index is 5.68. The highest BCUT2D eigenvalue weighted by atomic mass is 15.2. The summed E-state index contributed by atoms with van der Waals surface area (Å²) in [5.74, 6) is 7.45. The molecule has 3 N–H and O–H groups in total. The van der Waals surface area contributed by atoms with Crippen LogP contribution in [0.2, 0.25) is 0 Å². The molecule has 2 atom stereocenters. The van der Waals surface area contributed by atoms with Crippen LogP contribution in [-0.4, -0.2) is 15.6 Å². The number of para-hydroxylation sites is 2. The van der Waals surface area contributed by atoms with Crippen LogP contribution in [0.4, 0.5) is 0 Å². The Morgan fingerprint density at radius 3 is 2.74 bits per heavy atom. The number of benzene rings is 1. The zero-order chi connectivity index (χ0) is 13.8. The summed E-state index contributed by atoms with van der Waals surface area (Å²) in [6.45, 7) is 4.48. The van der Waals surface area contributed by atoms with Crippen LogP contribution in [0, 0.1) is 5.92 Å². The molecule has 1 heterocycles. The zero-order valence-electron chi connectivity index (χ0n) is 12.1. The maximum atomic E-state index is 5.68. The van der Waals surface area contributed by atoms with Crippen molar-refractivity contribution in [2.24, 2.45) is 18.8 Å². The molecule has 0 saturated carbocycles. The standard InChI is InChI=1S/C15H24N4/c1-4-11(2)9-12(18-16)10-15-17-13-7-5-6-8-14(13)19(15)3/h5-8,11-12,18H,4,9-10,16H2,1-3H3. The molecule has 0 saturated heterocycles. The highest BCUT2D eigenvalue weighted by Crippen LogP contribution is 2.17. The van der Waals surface area contributed by atoms with Gasteiger partial charge >= 0.3 is 0 Å². The molecule has 0 aliphatic rings. The summed E-state index contributed by atoms with van der Waals surface area (Å²) in [4.78, 5) is 4.70. The number of nitrogens with zero attached hydrogens (tertiary/aromatic N) is 2. The second-order valence-corrected chi connectivity index (χ2v) is 5.39. The average Bonchev–Trinajstić information content (AvgIpc) is 2.75. The summed E-state index contributed by atoms with van der Waals surface area (Å²) in [5, 5.41) is 0. The number of hydrazine groups is 1. The van der Waals surface area contributed by atoms with Gasteiger partial charge in [-0.15, -0.1) is 0 Å². The molecule has 4 heteroatoms. The number of aryl methyl sites for hydroxylation is 1. The lowest BCUT2D eigenvalue weighted by atomic mass is 9.97. The number of hydrogen-bond acceptors (Lipinski definition) is 3. The normalized spacial score (nSPS) is 14.7. The van der Waals surface area contributed by atoms with Crippen LogP contribution in [0.1, 0.15) is 32.5 Å². The molecule has 0 aliphatic carbocycles. The minimum Gasteiger partial charge on any atom is -0.331 e. The molecule has 1 aromatic heterocycles. The van der Waals surface area contributed by atoms with Crippen molar-refractivity contribution < 1.29 is 0 Å². The summed E-state index contributed by atoms with van der Waals surface area (Å²) >= 11 is 0. The van der Waals surface area contributed by atoms with Crippen molar-refractivity contribution >= 4 is 11.0 Å². The first-order chi connectivity index (χ1) is 9.15. The fraction of sp³-hybridized carbons (Fsp3) is 0.533. The summed E-state index contributed by atoms with van der Waals surface area (Å²) in [6.07, 6.45) is 3.13. The van der Waals surface area contributed by atoms with E-state index in [1.807, 2.05) is 12.1 Å². The fourth-order valence-electron chi connectivity index (χ4n) is 2.46. The van der Waals surface area contributed by atoms with Gasteiger partial charge in [-0.25, -0.2) is 4.98 Å². The molecule has 2 aromatic rings. The van der Waals surface area contributed by atoms with Crippen molar-refractivity contribution in [1.29, 1.82) is 0 Å². The van der Waals surface area contributed by atoms with E-state index < -0.39 is 0 Å². The van der Waals surface area contributed by atoms with Gasteiger partial charge in [0.15, 0.2) is 0 Å². The molecule has 19 heavy (non-hydrogen) atoms. The Bertz CT molecular complexity index is 532. The monoisotopic (exact) mass is 260 g/mol. The first kappa shape index (κ1) is 14.0. The lowest BCUT2D eigenvalue weighted by Crippen LogP contribution is -2.38. The summed E-state index contributed by atoms with van der Waals surface area (Å²) in [7, 11) is 2.07. The summed E-state index contributed by atoms with van der Waals surface area (Å²) in [6, 6.07) is 8.51. The van der Waals surface area contributed by atoms with Crippen molar-refractivity contribution in [3.63, 3.8) is 0 Å². The van der Waals surface area contributed by atoms with Crippen molar-refractivity contribution in [1.82, 2.24) is 15.0 Å². The van der Waals surface area contributed by atoms with E-state index in [-0.39, 0.29) is 6.04 Å². The van der Waals surface area contributed by atoms with Gasteiger partial charge in [0.25, 0.3) is 0 Å². The van der Waals surface area contributed by atoms with Gasteiger partial charge in [-0.3, -0.25) is 11.3 Å². The molecule has 4 nitrogen and oxygen atoms in total. The second-order valence-electron chi connectivity index (χ2n) is 5.39. The Morgan fingerprint density at radius 1 is 1.37 bits per heavy atom. The van der Waals surface area contributed by atoms with Crippen LogP contribution >= 0.6 is 0 Å². The van der Waals surface area contributed by atoms with E-state index in [0.29, 0.717) is 5.92 Å². The number of nitrogens with two attached hydrogens (primary N) is 1. The Kier molecular flexibility index (Phi) is 4.56. The van der Waals surface area contributed by atoms with Crippen LogP contribution in [0.25, 0.3) is 11.0 Å². The van der Waals surface area contributed by atoms with Crippen molar-refractivity contribution in [2.75, 3.05) is 0 Å². The van der Waals surface area contributed by atoms with Gasteiger partial charge in [-0.2, -0.15) is 0 Å². The van der Waals surface area contributed by atoms with Crippen molar-refractivity contribution in [3.8, 4) is 0 Å². The molecule has 2 rings (SSSR count). The van der Waals surface area contributed by atoms with Crippen LogP contribution in [0.15, 0.2) is 24.3 Å². The van der Waals surface area contributed by atoms with Gasteiger partial charge < -0.3 is 4.57 Å². The maximum Gasteiger partial charge on any atom is 0.111 e. The van der Waals surface area contributed by atoms with Gasteiger partial charge in [0.05, 0.1) is 11.0 Å². The van der Waals surface area contributed by atoms with E-state index in [1.54, 1.807) is 0 Å². The first-order valence-electron chi connectivity index (χ1n) is 7.02. The third kappa shape index (κ3) is 3.14. The lowest BCUT2D eigenvalue weighted by Gasteiger charge is -2.19. The van der Waals surface area contributed by atoms with Crippen LogP contribution in [0.3, 0.4) is 0 Å². The summed E-state index contributed by atoms with van der Waals surface area (Å²) < 4.78 is 2.16. The Hall–Kier alpha value is -1.39. The molecular weight excluding hydrogens is 236 g/mol. The van der Waals surface area contributed by atoms with Crippen LogP contribution < -0.4 is 11.3 Å². The molecule has 104 valence electrons. The third-order valence-electron chi connectivity index (χ3n) is 3.93. The first-order valence-corrected chi connectivity index (χ1v) is 7.02. The molecule has 0 amide bonds. The molecule has 0 radical (unpaired) electrons. The molecular formula is C15H24N4. The van der Waals surface area contributed by atoms with Gasteiger partial charge in [0.1, 0.15) is 5.82 Å². The Balaban J connectivity index is 2.17. The van der Waals surface area contributed by atoms with Crippen LogP contribution in [-0.2, 0) is 13.5 Å². The Labute approximate surface area is 115 Å². The minimum atomic E-state index is 0.283. The number of nitrogens with one attached hydrogen (secondary N) is 1. The number of aromatic nitrogens is 2. The highest BCUT2D eigenvalue weighted by molar-refractivity contribution is 5.75. The number of hydrogen-bond donors (Lipinski definition) is 2. The smallest absolute Gasteiger partial charge is 0.111 e. The van der Waals surface area contributed by atoms with Gasteiger partial charge in [0, 0.05) is 19.5 Å². The number of rotatable bonds is 6. The Morgan fingerprint density at radius 2 is 2.11 bits per heavy atom. The topological polar surface area (TPSA) is 55.9 Å². The predicted octanol–water partition coefficient (Wildman–Crippen LogP) is 2.38. The van der Waals surface area contributed by atoms with E-state index in [2.05, 4.69) is 43.0 Å².